The maximum Gasteiger partial charge on any atom is 0.319 e. The second-order valence-electron chi connectivity index (χ2n) is 3.67. The highest BCUT2D eigenvalue weighted by molar-refractivity contribution is 6.33. The van der Waals surface area contributed by atoms with E-state index in [1.54, 1.807) is 19.1 Å². The zero-order chi connectivity index (χ0) is 12.1. The van der Waals surface area contributed by atoms with E-state index >= 15 is 0 Å². The van der Waals surface area contributed by atoms with Crippen molar-refractivity contribution < 1.29 is 9.90 Å². The lowest BCUT2D eigenvalue weighted by Crippen LogP contribution is -2.38. The van der Waals surface area contributed by atoms with E-state index in [-0.39, 0.29) is 18.7 Å². The molecule has 1 rings (SSSR count). The van der Waals surface area contributed by atoms with Gasteiger partial charge in [-0.1, -0.05) is 17.7 Å². The minimum atomic E-state index is -0.382. The molecule has 0 bridgehead atoms. The highest BCUT2D eigenvalue weighted by Gasteiger charge is 2.08. The van der Waals surface area contributed by atoms with Crippen LogP contribution in [0.15, 0.2) is 18.2 Å². The van der Waals surface area contributed by atoms with Crippen LogP contribution in [0.25, 0.3) is 0 Å². The first kappa shape index (κ1) is 12.8. The van der Waals surface area contributed by atoms with E-state index in [1.807, 2.05) is 13.0 Å². The van der Waals surface area contributed by atoms with Gasteiger partial charge >= 0.3 is 6.03 Å². The van der Waals surface area contributed by atoms with Crippen LogP contribution in [-0.4, -0.2) is 23.8 Å². The van der Waals surface area contributed by atoms with Crippen LogP contribution in [0.3, 0.4) is 0 Å². The molecule has 1 aromatic rings. The van der Waals surface area contributed by atoms with Gasteiger partial charge in [-0.05, 0) is 31.5 Å². The van der Waals surface area contributed by atoms with Gasteiger partial charge in [0.1, 0.15) is 0 Å². The third-order valence-corrected chi connectivity index (χ3v) is 2.34. The lowest BCUT2D eigenvalue weighted by atomic mass is 10.2. The van der Waals surface area contributed by atoms with Gasteiger partial charge in [0, 0.05) is 0 Å². The number of aryl methyl sites for hydroxylation is 1. The molecule has 0 radical (unpaired) electrons. The molecule has 2 amide bonds. The molecule has 16 heavy (non-hydrogen) atoms. The normalized spacial score (nSPS) is 12.0. The van der Waals surface area contributed by atoms with Crippen molar-refractivity contribution in [2.75, 3.05) is 11.9 Å². The number of benzene rings is 1. The minimum absolute atomic E-state index is 0.102. The molecule has 0 saturated heterocycles. The summed E-state index contributed by atoms with van der Waals surface area (Å²) in [5.41, 5.74) is 1.58. The maximum absolute atomic E-state index is 11.4. The maximum atomic E-state index is 11.4. The average molecular weight is 243 g/mol. The number of carbonyl (C=O) groups is 1. The van der Waals surface area contributed by atoms with Crippen molar-refractivity contribution in [1.29, 1.82) is 0 Å². The van der Waals surface area contributed by atoms with Crippen molar-refractivity contribution in [3.63, 3.8) is 0 Å². The molecule has 88 valence electrons. The summed E-state index contributed by atoms with van der Waals surface area (Å²) in [5.74, 6) is 0. The first-order chi connectivity index (χ1) is 7.52. The predicted molar refractivity (Wildman–Crippen MR) is 64.9 cm³/mol. The van der Waals surface area contributed by atoms with Crippen molar-refractivity contribution in [3.8, 4) is 0 Å². The van der Waals surface area contributed by atoms with Gasteiger partial charge in [0.25, 0.3) is 0 Å². The average Bonchev–Trinajstić information content (AvgIpc) is 2.22. The summed E-state index contributed by atoms with van der Waals surface area (Å²) in [6.07, 6.45) is 0. The highest BCUT2D eigenvalue weighted by Crippen LogP contribution is 2.22. The van der Waals surface area contributed by atoms with E-state index in [2.05, 4.69) is 10.6 Å². The summed E-state index contributed by atoms with van der Waals surface area (Å²) >= 11 is 5.95. The summed E-state index contributed by atoms with van der Waals surface area (Å²) < 4.78 is 0. The van der Waals surface area contributed by atoms with Gasteiger partial charge in [0.05, 0.1) is 23.4 Å². The van der Waals surface area contributed by atoms with Gasteiger partial charge in [0.2, 0.25) is 0 Å². The second kappa shape index (κ2) is 5.72. The molecule has 1 atom stereocenters. The van der Waals surface area contributed by atoms with Crippen LogP contribution >= 0.6 is 11.6 Å². The summed E-state index contributed by atoms with van der Waals surface area (Å²) in [6, 6.07) is 4.70. The Kier molecular flexibility index (Phi) is 4.58. The zero-order valence-electron chi connectivity index (χ0n) is 9.25. The summed E-state index contributed by atoms with van der Waals surface area (Å²) in [7, 11) is 0. The second-order valence-corrected chi connectivity index (χ2v) is 4.07. The number of aliphatic hydroxyl groups excluding tert-OH is 1. The van der Waals surface area contributed by atoms with Crippen LogP contribution in [0.5, 0.6) is 0 Å². The molecule has 0 aliphatic rings. The number of hydrogen-bond acceptors (Lipinski definition) is 2. The SMILES string of the molecule is Cc1ccc(NC(=O)N[C@@H](C)CO)c(Cl)c1. The van der Waals surface area contributed by atoms with Crippen LogP contribution in [0, 0.1) is 6.92 Å². The van der Waals surface area contributed by atoms with E-state index < -0.39 is 0 Å². The molecule has 5 heteroatoms. The molecular formula is C11H15ClN2O2. The van der Waals surface area contributed by atoms with Crippen LogP contribution in [0.4, 0.5) is 10.5 Å². The smallest absolute Gasteiger partial charge is 0.319 e. The minimum Gasteiger partial charge on any atom is -0.394 e. The number of carbonyl (C=O) groups excluding carboxylic acids is 1. The molecule has 0 heterocycles. The number of hydrogen-bond donors (Lipinski definition) is 3. The van der Waals surface area contributed by atoms with E-state index in [9.17, 15) is 4.79 Å². The fraction of sp³-hybridized carbons (Fsp3) is 0.364. The van der Waals surface area contributed by atoms with Crippen molar-refractivity contribution in [3.05, 3.63) is 28.8 Å². The number of anilines is 1. The number of urea groups is 1. The lowest BCUT2D eigenvalue weighted by Gasteiger charge is -2.12. The van der Waals surface area contributed by atoms with Gasteiger partial charge in [0.15, 0.2) is 0 Å². The monoisotopic (exact) mass is 242 g/mol. The van der Waals surface area contributed by atoms with Crippen molar-refractivity contribution in [1.82, 2.24) is 5.32 Å². The summed E-state index contributed by atoms with van der Waals surface area (Å²) in [5, 5.41) is 14.4. The van der Waals surface area contributed by atoms with Gasteiger partial charge in [-0.3, -0.25) is 0 Å². The summed E-state index contributed by atoms with van der Waals surface area (Å²) in [6.45, 7) is 3.52. The Hall–Kier alpha value is -1.26. The van der Waals surface area contributed by atoms with E-state index in [4.69, 9.17) is 16.7 Å². The molecule has 1 aromatic carbocycles. The van der Waals surface area contributed by atoms with E-state index in [0.717, 1.165) is 5.56 Å². The lowest BCUT2D eigenvalue weighted by molar-refractivity contribution is 0.229. The quantitative estimate of drug-likeness (QED) is 0.761. The summed E-state index contributed by atoms with van der Waals surface area (Å²) in [4.78, 5) is 11.4. The Morgan fingerprint density at radius 2 is 2.25 bits per heavy atom. The molecule has 0 unspecified atom stereocenters. The molecule has 0 aliphatic carbocycles. The van der Waals surface area contributed by atoms with Crippen LogP contribution in [-0.2, 0) is 0 Å². The number of halogens is 1. The Labute approximate surface area is 99.6 Å². The third-order valence-electron chi connectivity index (χ3n) is 2.02. The fourth-order valence-electron chi connectivity index (χ4n) is 1.15. The zero-order valence-corrected chi connectivity index (χ0v) is 10.0. The van der Waals surface area contributed by atoms with E-state index in [0.29, 0.717) is 10.7 Å². The van der Waals surface area contributed by atoms with Crippen LogP contribution in [0.1, 0.15) is 12.5 Å². The standard InChI is InChI=1S/C11H15ClN2O2/c1-7-3-4-10(9(12)5-7)14-11(16)13-8(2)6-15/h3-5,8,15H,6H2,1-2H3,(H2,13,14,16)/t8-/m0/s1. The van der Waals surface area contributed by atoms with Crippen molar-refractivity contribution in [2.24, 2.45) is 0 Å². The molecule has 0 aromatic heterocycles. The predicted octanol–water partition coefficient (Wildman–Crippen LogP) is 2.15. The largest absolute Gasteiger partial charge is 0.394 e. The van der Waals surface area contributed by atoms with Gasteiger partial charge in [-0.15, -0.1) is 0 Å². The fourth-order valence-corrected chi connectivity index (χ4v) is 1.43. The van der Waals surface area contributed by atoms with Crippen molar-refractivity contribution in [2.45, 2.75) is 19.9 Å². The number of nitrogens with one attached hydrogen (secondary N) is 2. The Morgan fingerprint density at radius 3 is 2.81 bits per heavy atom. The highest BCUT2D eigenvalue weighted by atomic mass is 35.5. The van der Waals surface area contributed by atoms with Gasteiger partial charge in [-0.25, -0.2) is 4.79 Å². The number of amides is 2. The van der Waals surface area contributed by atoms with E-state index in [1.165, 1.54) is 0 Å². The first-order valence-electron chi connectivity index (χ1n) is 4.97. The number of aliphatic hydroxyl groups is 1. The molecule has 0 aliphatic heterocycles. The molecular weight excluding hydrogens is 228 g/mol. The molecule has 0 saturated carbocycles. The first-order valence-corrected chi connectivity index (χ1v) is 5.35. The Bertz CT molecular complexity index is 382. The Morgan fingerprint density at radius 1 is 1.56 bits per heavy atom. The van der Waals surface area contributed by atoms with Crippen LogP contribution in [0.2, 0.25) is 5.02 Å². The molecule has 3 N–H and O–H groups in total. The Balaban J connectivity index is 2.63. The number of rotatable bonds is 3. The third kappa shape index (κ3) is 3.72. The molecule has 0 fully saturated rings. The van der Waals surface area contributed by atoms with Gasteiger partial charge < -0.3 is 15.7 Å². The van der Waals surface area contributed by atoms with Crippen LogP contribution < -0.4 is 10.6 Å². The molecule has 4 nitrogen and oxygen atoms in total. The molecule has 0 spiro atoms. The van der Waals surface area contributed by atoms with Crippen molar-refractivity contribution >= 4 is 23.3 Å². The van der Waals surface area contributed by atoms with Gasteiger partial charge in [-0.2, -0.15) is 0 Å². The topological polar surface area (TPSA) is 61.4 Å².